The Bertz CT molecular complexity index is 643. The second-order valence-corrected chi connectivity index (χ2v) is 5.17. The number of aliphatic carboxylic acids is 1. The summed E-state index contributed by atoms with van der Waals surface area (Å²) in [5, 5.41) is 16.2. The highest BCUT2D eigenvalue weighted by Crippen LogP contribution is 2.25. The van der Waals surface area contributed by atoms with Gasteiger partial charge in [-0.05, 0) is 17.7 Å². The van der Waals surface area contributed by atoms with Crippen LogP contribution in [0.2, 0.25) is 5.02 Å². The molecule has 6 nitrogen and oxygen atoms in total. The van der Waals surface area contributed by atoms with E-state index in [0.29, 0.717) is 17.1 Å². The molecule has 0 radical (unpaired) electrons. The molecule has 1 heterocycles. The number of halogens is 1. The molecule has 22 heavy (non-hydrogen) atoms. The van der Waals surface area contributed by atoms with E-state index in [2.05, 4.69) is 10.4 Å². The van der Waals surface area contributed by atoms with Crippen LogP contribution in [-0.4, -0.2) is 26.8 Å². The lowest BCUT2D eigenvalue weighted by Crippen LogP contribution is -2.31. The van der Waals surface area contributed by atoms with Crippen molar-refractivity contribution in [3.05, 3.63) is 53.3 Å². The van der Waals surface area contributed by atoms with Gasteiger partial charge in [-0.1, -0.05) is 29.8 Å². The Kier molecular flexibility index (Phi) is 5.55. The van der Waals surface area contributed by atoms with Gasteiger partial charge in [-0.3, -0.25) is 14.3 Å². The predicted octanol–water partition coefficient (Wildman–Crippen LogP) is 2.26. The normalized spacial score (nSPS) is 11.9. The van der Waals surface area contributed by atoms with E-state index >= 15 is 0 Å². The van der Waals surface area contributed by atoms with Crippen LogP contribution in [0.1, 0.15) is 24.4 Å². The van der Waals surface area contributed by atoms with Crippen LogP contribution in [0.4, 0.5) is 0 Å². The van der Waals surface area contributed by atoms with Crippen molar-refractivity contribution in [3.8, 4) is 0 Å². The molecule has 0 aliphatic heterocycles. The number of nitrogens with one attached hydrogen (secondary N) is 1. The number of aromatic nitrogens is 2. The topological polar surface area (TPSA) is 84.2 Å². The van der Waals surface area contributed by atoms with Crippen LogP contribution in [0.15, 0.2) is 42.7 Å². The van der Waals surface area contributed by atoms with Gasteiger partial charge in [0.15, 0.2) is 0 Å². The van der Waals surface area contributed by atoms with Crippen LogP contribution >= 0.6 is 11.6 Å². The average Bonchev–Trinajstić information content (AvgIpc) is 2.98. The van der Waals surface area contributed by atoms with Crippen LogP contribution in [0, 0.1) is 0 Å². The number of carboxylic acids is 1. The zero-order valence-corrected chi connectivity index (χ0v) is 12.5. The van der Waals surface area contributed by atoms with Crippen molar-refractivity contribution in [2.24, 2.45) is 0 Å². The molecule has 0 aliphatic carbocycles. The zero-order valence-electron chi connectivity index (χ0n) is 11.8. The van der Waals surface area contributed by atoms with E-state index in [1.165, 1.54) is 0 Å². The lowest BCUT2D eigenvalue weighted by molar-refractivity contribution is -0.137. The number of carbonyl (C=O) groups is 2. The molecule has 0 spiro atoms. The quantitative estimate of drug-likeness (QED) is 0.819. The van der Waals surface area contributed by atoms with Crippen molar-refractivity contribution in [2.75, 3.05) is 0 Å². The van der Waals surface area contributed by atoms with E-state index in [0.717, 1.165) is 0 Å². The number of carbonyl (C=O) groups excluding carboxylic acids is 1. The van der Waals surface area contributed by atoms with Gasteiger partial charge in [-0.25, -0.2) is 0 Å². The lowest BCUT2D eigenvalue weighted by Gasteiger charge is -2.18. The molecule has 1 aromatic carbocycles. The van der Waals surface area contributed by atoms with E-state index in [4.69, 9.17) is 16.7 Å². The summed E-state index contributed by atoms with van der Waals surface area (Å²) in [6.07, 6.45) is 3.38. The molecular formula is C15H16ClN3O3. The molecule has 2 rings (SSSR count). The van der Waals surface area contributed by atoms with Crippen LogP contribution in [0.25, 0.3) is 0 Å². The minimum atomic E-state index is -1.00. The third-order valence-electron chi connectivity index (χ3n) is 3.12. The Hall–Kier alpha value is -2.34. The van der Waals surface area contributed by atoms with Gasteiger partial charge in [0.05, 0.1) is 12.5 Å². The van der Waals surface area contributed by atoms with Gasteiger partial charge >= 0.3 is 5.97 Å². The van der Waals surface area contributed by atoms with Crippen molar-refractivity contribution in [2.45, 2.75) is 25.4 Å². The van der Waals surface area contributed by atoms with Gasteiger partial charge in [-0.2, -0.15) is 5.10 Å². The molecule has 2 aromatic rings. The maximum atomic E-state index is 12.0. The molecule has 1 unspecified atom stereocenters. The molecule has 0 fully saturated rings. The summed E-state index contributed by atoms with van der Waals surface area (Å²) < 4.78 is 1.64. The molecule has 0 saturated heterocycles. The standard InChI is InChI=1S/C15H16ClN3O3/c16-12-5-2-1-4-11(12)13(10-15(21)22)18-14(20)6-9-19-8-3-7-17-19/h1-5,7-8,13H,6,9-10H2,(H,18,20)(H,21,22). The highest BCUT2D eigenvalue weighted by molar-refractivity contribution is 6.31. The fraction of sp³-hybridized carbons (Fsp3) is 0.267. The summed E-state index contributed by atoms with van der Waals surface area (Å²) in [6, 6.07) is 8.01. The van der Waals surface area contributed by atoms with Crippen molar-refractivity contribution in [1.82, 2.24) is 15.1 Å². The Morgan fingerprint density at radius 2 is 2.09 bits per heavy atom. The smallest absolute Gasteiger partial charge is 0.305 e. The van der Waals surface area contributed by atoms with Crippen molar-refractivity contribution in [1.29, 1.82) is 0 Å². The highest BCUT2D eigenvalue weighted by Gasteiger charge is 2.20. The molecule has 116 valence electrons. The second kappa shape index (κ2) is 7.61. The number of hydrogen-bond donors (Lipinski definition) is 2. The summed E-state index contributed by atoms with van der Waals surface area (Å²) in [7, 11) is 0. The van der Waals surface area contributed by atoms with Crippen molar-refractivity contribution >= 4 is 23.5 Å². The first-order chi connectivity index (χ1) is 10.6. The molecule has 0 aliphatic rings. The highest BCUT2D eigenvalue weighted by atomic mass is 35.5. The third kappa shape index (κ3) is 4.60. The first-order valence-corrected chi connectivity index (χ1v) is 7.17. The summed E-state index contributed by atoms with van der Waals surface area (Å²) in [5.41, 5.74) is 0.596. The van der Waals surface area contributed by atoms with Crippen molar-refractivity contribution in [3.63, 3.8) is 0 Å². The molecule has 1 aromatic heterocycles. The summed E-state index contributed by atoms with van der Waals surface area (Å²) in [5.74, 6) is -1.25. The van der Waals surface area contributed by atoms with Gasteiger partial charge in [0.2, 0.25) is 5.91 Å². The van der Waals surface area contributed by atoms with Crippen LogP contribution in [0.5, 0.6) is 0 Å². The Morgan fingerprint density at radius 1 is 1.32 bits per heavy atom. The molecule has 1 atom stereocenters. The van der Waals surface area contributed by atoms with E-state index in [9.17, 15) is 9.59 Å². The Balaban J connectivity index is 2.01. The summed E-state index contributed by atoms with van der Waals surface area (Å²) in [6.45, 7) is 0.432. The number of nitrogens with zero attached hydrogens (tertiary/aromatic N) is 2. The van der Waals surface area contributed by atoms with Crippen LogP contribution in [-0.2, 0) is 16.1 Å². The number of aryl methyl sites for hydroxylation is 1. The lowest BCUT2D eigenvalue weighted by atomic mass is 10.0. The molecular weight excluding hydrogens is 306 g/mol. The minimum absolute atomic E-state index is 0.211. The first-order valence-electron chi connectivity index (χ1n) is 6.79. The molecule has 1 amide bonds. The average molecular weight is 322 g/mol. The van der Waals surface area contributed by atoms with Gasteiger partial charge in [-0.15, -0.1) is 0 Å². The van der Waals surface area contributed by atoms with Crippen LogP contribution in [0.3, 0.4) is 0 Å². The Labute approximate surface area is 132 Å². The number of benzene rings is 1. The number of rotatable bonds is 7. The first kappa shape index (κ1) is 16.0. The number of hydrogen-bond acceptors (Lipinski definition) is 3. The Morgan fingerprint density at radius 3 is 2.73 bits per heavy atom. The maximum absolute atomic E-state index is 12.0. The zero-order chi connectivity index (χ0) is 15.9. The molecule has 7 heteroatoms. The van der Waals surface area contributed by atoms with Crippen LogP contribution < -0.4 is 5.32 Å². The molecule has 2 N–H and O–H groups in total. The predicted molar refractivity (Wildman–Crippen MR) is 81.4 cm³/mol. The fourth-order valence-electron chi connectivity index (χ4n) is 2.09. The van der Waals surface area contributed by atoms with E-state index in [1.807, 2.05) is 0 Å². The van der Waals surface area contributed by atoms with Gasteiger partial charge in [0.25, 0.3) is 0 Å². The van der Waals surface area contributed by atoms with E-state index < -0.39 is 12.0 Å². The summed E-state index contributed by atoms with van der Waals surface area (Å²) in [4.78, 5) is 23.0. The van der Waals surface area contributed by atoms with Crippen molar-refractivity contribution < 1.29 is 14.7 Å². The van der Waals surface area contributed by atoms with Gasteiger partial charge < -0.3 is 10.4 Å². The monoisotopic (exact) mass is 321 g/mol. The van der Waals surface area contributed by atoms with E-state index in [-0.39, 0.29) is 18.7 Å². The minimum Gasteiger partial charge on any atom is -0.481 e. The maximum Gasteiger partial charge on any atom is 0.305 e. The van der Waals surface area contributed by atoms with E-state index in [1.54, 1.807) is 47.4 Å². The van der Waals surface area contributed by atoms with Gasteiger partial charge in [0.1, 0.15) is 0 Å². The van der Waals surface area contributed by atoms with Gasteiger partial charge in [0, 0.05) is 30.4 Å². The second-order valence-electron chi connectivity index (χ2n) is 4.76. The SMILES string of the molecule is O=C(O)CC(NC(=O)CCn1cccn1)c1ccccc1Cl. The molecule has 0 bridgehead atoms. The number of carboxylic acid groups (broad SMARTS) is 1. The molecule has 0 saturated carbocycles. The summed E-state index contributed by atoms with van der Waals surface area (Å²) >= 11 is 6.09. The largest absolute Gasteiger partial charge is 0.481 e. The third-order valence-corrected chi connectivity index (χ3v) is 3.47. The number of amides is 1. The fourth-order valence-corrected chi connectivity index (χ4v) is 2.35.